The van der Waals surface area contributed by atoms with E-state index in [0.29, 0.717) is 11.8 Å². The van der Waals surface area contributed by atoms with E-state index >= 15 is 0 Å². The van der Waals surface area contributed by atoms with Crippen LogP contribution in [0.15, 0.2) is 18.2 Å². The Balaban J connectivity index is 1.97. The zero-order valence-corrected chi connectivity index (χ0v) is 10.0. The van der Waals surface area contributed by atoms with Crippen LogP contribution in [0.4, 0.5) is 5.69 Å². The van der Waals surface area contributed by atoms with Crippen molar-refractivity contribution in [2.24, 2.45) is 11.8 Å². The molecule has 0 spiro atoms. The van der Waals surface area contributed by atoms with Gasteiger partial charge in [-0.1, -0.05) is 6.07 Å². The van der Waals surface area contributed by atoms with E-state index in [1.165, 1.54) is 5.56 Å². The fourth-order valence-corrected chi connectivity index (χ4v) is 3.52. The minimum Gasteiger partial charge on any atom is -0.317 e. The second kappa shape index (κ2) is 4.33. The average molecular weight is 248 g/mol. The zero-order chi connectivity index (χ0) is 12.7. The van der Waals surface area contributed by atoms with Crippen molar-refractivity contribution in [2.75, 3.05) is 0 Å². The molecule has 1 fully saturated rings. The standard InChI is InChI=1S/C13H16N2O3/c16-14-13-9-1-2-10(13)6-11-7-12(15(17)18)4-3-8(11)5-9/h3-4,7,9-10,13-14,16H,1-2,5-6H2. The van der Waals surface area contributed by atoms with Crippen LogP contribution in [0.2, 0.25) is 0 Å². The largest absolute Gasteiger partial charge is 0.317 e. The molecule has 2 aliphatic rings. The van der Waals surface area contributed by atoms with Crippen LogP contribution in [-0.4, -0.2) is 16.2 Å². The second-order valence-corrected chi connectivity index (χ2v) is 5.37. The highest BCUT2D eigenvalue weighted by atomic mass is 16.6. The molecule has 0 radical (unpaired) electrons. The van der Waals surface area contributed by atoms with Gasteiger partial charge in [-0.15, -0.1) is 0 Å². The minimum absolute atomic E-state index is 0.136. The highest BCUT2D eigenvalue weighted by Gasteiger charge is 2.39. The molecule has 0 amide bonds. The van der Waals surface area contributed by atoms with E-state index in [-0.39, 0.29) is 16.7 Å². The van der Waals surface area contributed by atoms with Crippen LogP contribution >= 0.6 is 0 Å². The molecular formula is C13H16N2O3. The maximum Gasteiger partial charge on any atom is 0.269 e. The average Bonchev–Trinajstić information content (AvgIpc) is 2.64. The lowest BCUT2D eigenvalue weighted by atomic mass is 9.93. The summed E-state index contributed by atoms with van der Waals surface area (Å²) in [5, 5.41) is 20.1. The topological polar surface area (TPSA) is 75.4 Å². The van der Waals surface area contributed by atoms with Gasteiger partial charge >= 0.3 is 0 Å². The Morgan fingerprint density at radius 3 is 2.50 bits per heavy atom. The summed E-state index contributed by atoms with van der Waals surface area (Å²) in [5.41, 5.74) is 4.89. The summed E-state index contributed by atoms with van der Waals surface area (Å²) >= 11 is 0. The number of hydroxylamine groups is 1. The molecule has 2 bridgehead atoms. The predicted octanol–water partition coefficient (Wildman–Crippen LogP) is 2.07. The third-order valence-electron chi connectivity index (χ3n) is 4.44. The summed E-state index contributed by atoms with van der Waals surface area (Å²) in [6.45, 7) is 0. The van der Waals surface area contributed by atoms with Gasteiger partial charge in [-0.2, -0.15) is 0 Å². The molecule has 5 heteroatoms. The molecule has 5 nitrogen and oxygen atoms in total. The molecule has 96 valence electrons. The number of hydrogen-bond acceptors (Lipinski definition) is 4. The van der Waals surface area contributed by atoms with E-state index in [4.69, 9.17) is 0 Å². The highest BCUT2D eigenvalue weighted by molar-refractivity contribution is 5.41. The number of rotatable bonds is 2. The number of nitrogens with one attached hydrogen (secondary N) is 1. The number of hydrogen-bond donors (Lipinski definition) is 2. The number of nitro benzene ring substituents is 1. The van der Waals surface area contributed by atoms with Gasteiger partial charge in [-0.3, -0.25) is 10.1 Å². The molecule has 3 rings (SSSR count). The van der Waals surface area contributed by atoms with Gasteiger partial charge in [0.05, 0.1) is 4.92 Å². The first kappa shape index (κ1) is 11.6. The maximum absolute atomic E-state index is 10.8. The van der Waals surface area contributed by atoms with Crippen LogP contribution in [0.25, 0.3) is 0 Å². The van der Waals surface area contributed by atoms with E-state index in [1.54, 1.807) is 12.1 Å². The first-order chi connectivity index (χ1) is 8.69. The van der Waals surface area contributed by atoms with Crippen LogP contribution in [0.5, 0.6) is 0 Å². The molecule has 0 aromatic heterocycles. The van der Waals surface area contributed by atoms with Crippen LogP contribution < -0.4 is 5.48 Å². The Bertz CT molecular complexity index is 489. The molecule has 0 heterocycles. The van der Waals surface area contributed by atoms with Gasteiger partial charge in [-0.05, 0) is 48.6 Å². The maximum atomic E-state index is 10.8. The van der Waals surface area contributed by atoms with Gasteiger partial charge in [0.2, 0.25) is 0 Å². The van der Waals surface area contributed by atoms with E-state index in [2.05, 4.69) is 5.48 Å². The summed E-state index contributed by atoms with van der Waals surface area (Å²) in [7, 11) is 0. The Hall–Kier alpha value is -1.46. The Morgan fingerprint density at radius 1 is 1.22 bits per heavy atom. The number of non-ortho nitro benzene ring substituents is 1. The molecule has 18 heavy (non-hydrogen) atoms. The van der Waals surface area contributed by atoms with Crippen molar-refractivity contribution in [1.82, 2.24) is 5.48 Å². The van der Waals surface area contributed by atoms with Gasteiger partial charge in [0.1, 0.15) is 0 Å². The van der Waals surface area contributed by atoms with Gasteiger partial charge < -0.3 is 5.21 Å². The fourth-order valence-electron chi connectivity index (χ4n) is 3.52. The number of benzene rings is 1. The lowest BCUT2D eigenvalue weighted by Crippen LogP contribution is -2.35. The van der Waals surface area contributed by atoms with Crippen LogP contribution in [0, 0.1) is 22.0 Å². The molecular weight excluding hydrogens is 232 g/mol. The Morgan fingerprint density at radius 2 is 1.89 bits per heavy atom. The summed E-state index contributed by atoms with van der Waals surface area (Å²) < 4.78 is 0. The van der Waals surface area contributed by atoms with Crippen molar-refractivity contribution in [1.29, 1.82) is 0 Å². The van der Waals surface area contributed by atoms with Gasteiger partial charge in [0.15, 0.2) is 0 Å². The van der Waals surface area contributed by atoms with Crippen molar-refractivity contribution in [3.05, 3.63) is 39.4 Å². The Labute approximate surface area is 105 Å². The number of nitro groups is 1. The van der Waals surface area contributed by atoms with Crippen molar-refractivity contribution < 1.29 is 10.1 Å². The van der Waals surface area contributed by atoms with Crippen LogP contribution in [-0.2, 0) is 12.8 Å². The summed E-state index contributed by atoms with van der Waals surface area (Å²) in [6.07, 6.45) is 3.94. The molecule has 2 aliphatic carbocycles. The summed E-state index contributed by atoms with van der Waals surface area (Å²) in [4.78, 5) is 10.5. The van der Waals surface area contributed by atoms with E-state index in [1.807, 2.05) is 6.07 Å². The monoisotopic (exact) mass is 248 g/mol. The molecule has 0 saturated heterocycles. The lowest BCUT2D eigenvalue weighted by Gasteiger charge is -2.19. The second-order valence-electron chi connectivity index (χ2n) is 5.37. The predicted molar refractivity (Wildman–Crippen MR) is 65.4 cm³/mol. The van der Waals surface area contributed by atoms with E-state index in [9.17, 15) is 15.3 Å². The third kappa shape index (κ3) is 1.79. The highest BCUT2D eigenvalue weighted by Crippen LogP contribution is 2.40. The first-order valence-corrected chi connectivity index (χ1v) is 6.35. The minimum atomic E-state index is -0.342. The fraction of sp³-hybridized carbons (Fsp3) is 0.538. The summed E-state index contributed by atoms with van der Waals surface area (Å²) in [5.74, 6) is 0.839. The number of fused-ring (bicyclic) bond motifs is 3. The molecule has 3 unspecified atom stereocenters. The number of nitrogens with zero attached hydrogens (tertiary/aromatic N) is 1. The van der Waals surface area contributed by atoms with Gasteiger partial charge in [-0.25, -0.2) is 5.48 Å². The van der Waals surface area contributed by atoms with Crippen LogP contribution in [0.3, 0.4) is 0 Å². The molecule has 3 atom stereocenters. The normalized spacial score (nSPS) is 29.7. The molecule has 0 aliphatic heterocycles. The zero-order valence-electron chi connectivity index (χ0n) is 10.0. The van der Waals surface area contributed by atoms with Crippen LogP contribution in [0.1, 0.15) is 24.0 Å². The Kier molecular flexibility index (Phi) is 2.80. The molecule has 2 N–H and O–H groups in total. The lowest BCUT2D eigenvalue weighted by molar-refractivity contribution is -0.384. The van der Waals surface area contributed by atoms with Crippen molar-refractivity contribution in [2.45, 2.75) is 31.7 Å². The SMILES string of the molecule is O=[N+]([O-])c1ccc2c(c1)CC1CCC(C2)C1NO. The van der Waals surface area contributed by atoms with E-state index < -0.39 is 0 Å². The van der Waals surface area contributed by atoms with Gasteiger partial charge in [0.25, 0.3) is 5.69 Å². The molecule has 1 aromatic carbocycles. The van der Waals surface area contributed by atoms with E-state index in [0.717, 1.165) is 31.2 Å². The van der Waals surface area contributed by atoms with Gasteiger partial charge in [0, 0.05) is 18.2 Å². The van der Waals surface area contributed by atoms with Crippen molar-refractivity contribution >= 4 is 5.69 Å². The molecule has 1 saturated carbocycles. The summed E-state index contributed by atoms with van der Waals surface area (Å²) in [6, 6.07) is 5.29. The van der Waals surface area contributed by atoms with Crippen molar-refractivity contribution in [3.8, 4) is 0 Å². The van der Waals surface area contributed by atoms with Crippen molar-refractivity contribution in [3.63, 3.8) is 0 Å². The molecule has 1 aromatic rings. The third-order valence-corrected chi connectivity index (χ3v) is 4.44. The first-order valence-electron chi connectivity index (χ1n) is 6.35. The quantitative estimate of drug-likeness (QED) is 0.620. The smallest absolute Gasteiger partial charge is 0.269 e.